The van der Waals surface area contributed by atoms with Gasteiger partial charge in [0.15, 0.2) is 0 Å². The summed E-state index contributed by atoms with van der Waals surface area (Å²) in [4.78, 5) is 13.9. The average Bonchev–Trinajstić information content (AvgIpc) is 2.25. The summed E-state index contributed by atoms with van der Waals surface area (Å²) in [5, 5.41) is 2.85. The predicted octanol–water partition coefficient (Wildman–Crippen LogP) is -0.0493. The third-order valence-electron chi connectivity index (χ3n) is 3.32. The molecule has 0 bridgehead atoms. The van der Waals surface area contributed by atoms with Crippen molar-refractivity contribution in [3.8, 4) is 0 Å². The molecule has 0 saturated carbocycles. The van der Waals surface area contributed by atoms with E-state index in [0.29, 0.717) is 13.2 Å². The Morgan fingerprint density at radius 3 is 2.76 bits per heavy atom. The van der Waals surface area contributed by atoms with Gasteiger partial charge in [-0.3, -0.25) is 9.69 Å². The number of carbonyl (C=O) groups is 1. The third kappa shape index (κ3) is 3.94. The van der Waals surface area contributed by atoms with Crippen LogP contribution in [0.2, 0.25) is 0 Å². The number of hydrogen-bond acceptors (Lipinski definition) is 4. The molecular weight excluding hydrogens is 218 g/mol. The lowest BCUT2D eigenvalue weighted by molar-refractivity contribution is -0.129. The highest BCUT2D eigenvalue weighted by Crippen LogP contribution is 2.25. The van der Waals surface area contributed by atoms with E-state index in [9.17, 15) is 4.79 Å². The fraction of sp³-hybridized carbons (Fsp3) is 0.917. The summed E-state index contributed by atoms with van der Waals surface area (Å²) in [5.41, 5.74) is 6.10. The highest BCUT2D eigenvalue weighted by Gasteiger charge is 2.42. The predicted molar refractivity (Wildman–Crippen MR) is 67.7 cm³/mol. The summed E-state index contributed by atoms with van der Waals surface area (Å²) in [6, 6.07) is -0.0969. The zero-order valence-electron chi connectivity index (χ0n) is 11.2. The van der Waals surface area contributed by atoms with Crippen LogP contribution in [0.15, 0.2) is 0 Å². The highest BCUT2D eigenvalue weighted by atomic mass is 16.5. The summed E-state index contributed by atoms with van der Waals surface area (Å²) in [6.45, 7) is 6.82. The number of rotatable bonds is 7. The van der Waals surface area contributed by atoms with Gasteiger partial charge in [0.1, 0.15) is 0 Å². The fourth-order valence-corrected chi connectivity index (χ4v) is 2.28. The van der Waals surface area contributed by atoms with Crippen molar-refractivity contribution in [1.29, 1.82) is 0 Å². The Kier molecular flexibility index (Phi) is 5.36. The zero-order valence-corrected chi connectivity index (χ0v) is 11.2. The van der Waals surface area contributed by atoms with Gasteiger partial charge in [0.2, 0.25) is 5.91 Å². The third-order valence-corrected chi connectivity index (χ3v) is 3.32. The largest absolute Gasteiger partial charge is 0.383 e. The van der Waals surface area contributed by atoms with E-state index in [0.717, 1.165) is 25.9 Å². The van der Waals surface area contributed by atoms with E-state index >= 15 is 0 Å². The number of nitrogens with zero attached hydrogens (tertiary/aromatic N) is 1. The summed E-state index contributed by atoms with van der Waals surface area (Å²) in [5.74, 6) is 0.0561. The molecule has 5 heteroatoms. The van der Waals surface area contributed by atoms with E-state index < -0.39 is 0 Å². The van der Waals surface area contributed by atoms with Crippen molar-refractivity contribution in [3.63, 3.8) is 0 Å². The Labute approximate surface area is 104 Å². The molecule has 5 nitrogen and oxygen atoms in total. The molecule has 1 unspecified atom stereocenters. The minimum absolute atomic E-state index is 0.0561. The molecule has 0 aromatic rings. The first-order valence-corrected chi connectivity index (χ1v) is 6.32. The second-order valence-electron chi connectivity index (χ2n) is 4.98. The Balaban J connectivity index is 2.26. The zero-order chi connectivity index (χ0) is 12.9. The van der Waals surface area contributed by atoms with E-state index in [1.807, 2.05) is 6.92 Å². The lowest BCUT2D eigenvalue weighted by Crippen LogP contribution is -2.70. The van der Waals surface area contributed by atoms with Crippen LogP contribution in [0.3, 0.4) is 0 Å². The van der Waals surface area contributed by atoms with Crippen molar-refractivity contribution in [2.24, 2.45) is 5.73 Å². The lowest BCUT2D eigenvalue weighted by atomic mass is 9.85. The van der Waals surface area contributed by atoms with Crippen molar-refractivity contribution >= 4 is 5.91 Å². The van der Waals surface area contributed by atoms with Gasteiger partial charge >= 0.3 is 0 Å². The van der Waals surface area contributed by atoms with Crippen LogP contribution in [0.4, 0.5) is 0 Å². The first kappa shape index (κ1) is 14.4. The second-order valence-corrected chi connectivity index (χ2v) is 4.98. The second kappa shape index (κ2) is 6.33. The maximum atomic E-state index is 11.8. The standard InChI is InChI=1S/C12H25N3O2/c1-4-5-12(13)8-15(9-12)10(2)11(16)14-6-7-17-3/h10H,4-9,13H2,1-3H3,(H,14,16). The first-order chi connectivity index (χ1) is 8.02. The molecule has 1 fully saturated rings. The summed E-state index contributed by atoms with van der Waals surface area (Å²) < 4.78 is 4.89. The van der Waals surface area contributed by atoms with Gasteiger partial charge in [0, 0.05) is 32.3 Å². The van der Waals surface area contributed by atoms with E-state index in [4.69, 9.17) is 10.5 Å². The van der Waals surface area contributed by atoms with Crippen LogP contribution in [-0.4, -0.2) is 55.7 Å². The number of likely N-dealkylation sites (tertiary alicyclic amines) is 1. The molecule has 3 N–H and O–H groups in total. The number of nitrogens with one attached hydrogen (secondary N) is 1. The number of hydrogen-bond donors (Lipinski definition) is 2. The van der Waals surface area contributed by atoms with E-state index in [1.54, 1.807) is 7.11 Å². The number of carbonyl (C=O) groups excluding carboxylic acids is 1. The lowest BCUT2D eigenvalue weighted by Gasteiger charge is -2.50. The fourth-order valence-electron chi connectivity index (χ4n) is 2.28. The van der Waals surface area contributed by atoms with Crippen molar-refractivity contribution < 1.29 is 9.53 Å². The van der Waals surface area contributed by atoms with Gasteiger partial charge in [0.05, 0.1) is 12.6 Å². The molecule has 0 spiro atoms. The van der Waals surface area contributed by atoms with Gasteiger partial charge in [-0.2, -0.15) is 0 Å². The van der Waals surface area contributed by atoms with Crippen LogP contribution in [0, 0.1) is 0 Å². The van der Waals surface area contributed by atoms with E-state index in [2.05, 4.69) is 17.1 Å². The van der Waals surface area contributed by atoms with Crippen molar-refractivity contribution in [3.05, 3.63) is 0 Å². The van der Waals surface area contributed by atoms with Gasteiger partial charge in [-0.05, 0) is 13.3 Å². The number of ether oxygens (including phenoxy) is 1. The highest BCUT2D eigenvalue weighted by molar-refractivity contribution is 5.81. The van der Waals surface area contributed by atoms with Crippen LogP contribution >= 0.6 is 0 Å². The Morgan fingerprint density at radius 1 is 1.59 bits per heavy atom. The molecule has 1 aliphatic heterocycles. The van der Waals surface area contributed by atoms with Crippen LogP contribution < -0.4 is 11.1 Å². The smallest absolute Gasteiger partial charge is 0.237 e. The van der Waals surface area contributed by atoms with E-state index in [-0.39, 0.29) is 17.5 Å². The molecule has 1 atom stereocenters. The molecule has 0 radical (unpaired) electrons. The SMILES string of the molecule is CCCC1(N)CN(C(C)C(=O)NCCOC)C1. The minimum atomic E-state index is -0.0969. The normalized spacial score (nSPS) is 20.7. The molecule has 1 heterocycles. The van der Waals surface area contributed by atoms with E-state index in [1.165, 1.54) is 0 Å². The molecule has 100 valence electrons. The molecule has 1 aliphatic rings. The van der Waals surface area contributed by atoms with Crippen molar-refractivity contribution in [2.75, 3.05) is 33.4 Å². The van der Waals surface area contributed by atoms with Gasteiger partial charge < -0.3 is 15.8 Å². The van der Waals surface area contributed by atoms with Crippen LogP contribution in [0.25, 0.3) is 0 Å². The van der Waals surface area contributed by atoms with Gasteiger partial charge in [-0.15, -0.1) is 0 Å². The average molecular weight is 243 g/mol. The molecule has 1 rings (SSSR count). The van der Waals surface area contributed by atoms with Crippen molar-refractivity contribution in [1.82, 2.24) is 10.2 Å². The summed E-state index contributed by atoms with van der Waals surface area (Å²) >= 11 is 0. The molecule has 1 saturated heterocycles. The summed E-state index contributed by atoms with van der Waals surface area (Å²) in [7, 11) is 1.62. The number of methoxy groups -OCH3 is 1. The number of nitrogens with two attached hydrogens (primary N) is 1. The monoisotopic (exact) mass is 243 g/mol. The van der Waals surface area contributed by atoms with Crippen LogP contribution in [0.5, 0.6) is 0 Å². The first-order valence-electron chi connectivity index (χ1n) is 6.32. The molecule has 1 amide bonds. The Hall–Kier alpha value is -0.650. The Morgan fingerprint density at radius 2 is 2.24 bits per heavy atom. The molecule has 0 aromatic heterocycles. The maximum Gasteiger partial charge on any atom is 0.237 e. The molecule has 17 heavy (non-hydrogen) atoms. The van der Waals surface area contributed by atoms with Gasteiger partial charge in [-0.1, -0.05) is 13.3 Å². The summed E-state index contributed by atoms with van der Waals surface area (Å²) in [6.07, 6.45) is 2.13. The Bertz CT molecular complexity index is 252. The van der Waals surface area contributed by atoms with Gasteiger partial charge in [0.25, 0.3) is 0 Å². The topological polar surface area (TPSA) is 67.6 Å². The number of amides is 1. The van der Waals surface area contributed by atoms with Crippen molar-refractivity contribution in [2.45, 2.75) is 38.3 Å². The quantitative estimate of drug-likeness (QED) is 0.615. The van der Waals surface area contributed by atoms with Crippen LogP contribution in [-0.2, 0) is 9.53 Å². The maximum absolute atomic E-state index is 11.8. The van der Waals surface area contributed by atoms with Crippen LogP contribution in [0.1, 0.15) is 26.7 Å². The molecule has 0 aliphatic carbocycles. The minimum Gasteiger partial charge on any atom is -0.383 e. The van der Waals surface area contributed by atoms with Gasteiger partial charge in [-0.25, -0.2) is 0 Å². The molecule has 0 aromatic carbocycles. The molecular formula is C12H25N3O2.